The van der Waals surface area contributed by atoms with Crippen LogP contribution in [0.15, 0.2) is 23.8 Å². The fraction of sp³-hybridized carbons (Fsp3) is 0.556. The summed E-state index contributed by atoms with van der Waals surface area (Å²) in [6.45, 7) is 6.08. The Labute approximate surface area is 62.6 Å². The lowest BCUT2D eigenvalue weighted by Crippen LogP contribution is -2.20. The van der Waals surface area contributed by atoms with E-state index in [2.05, 4.69) is 19.6 Å². The minimum atomic E-state index is 0.230. The van der Waals surface area contributed by atoms with Crippen molar-refractivity contribution in [1.82, 2.24) is 0 Å². The lowest BCUT2D eigenvalue weighted by Gasteiger charge is -2.08. The zero-order valence-corrected chi connectivity index (χ0v) is 6.56. The minimum absolute atomic E-state index is 0.230. The summed E-state index contributed by atoms with van der Waals surface area (Å²) in [6.07, 6.45) is 5.42. The summed E-state index contributed by atoms with van der Waals surface area (Å²) in [5, 5.41) is 0. The van der Waals surface area contributed by atoms with Crippen LogP contribution >= 0.6 is 0 Å². The first-order valence-electron chi connectivity index (χ1n) is 3.79. The number of nitrogens with two attached hydrogens (primary N) is 1. The SMILES string of the molecule is C=C1CC=C(C)CCC1N. The third-order valence-electron chi connectivity index (χ3n) is 2.09. The topological polar surface area (TPSA) is 26.0 Å². The van der Waals surface area contributed by atoms with E-state index in [1.54, 1.807) is 0 Å². The zero-order valence-electron chi connectivity index (χ0n) is 6.56. The molecule has 0 radical (unpaired) electrons. The molecule has 1 heteroatoms. The highest BCUT2D eigenvalue weighted by Gasteiger charge is 2.09. The van der Waals surface area contributed by atoms with Gasteiger partial charge in [-0.1, -0.05) is 23.8 Å². The Morgan fingerprint density at radius 1 is 1.70 bits per heavy atom. The normalized spacial score (nSPS) is 27.6. The second-order valence-corrected chi connectivity index (χ2v) is 3.06. The molecule has 0 aromatic carbocycles. The van der Waals surface area contributed by atoms with Crippen LogP contribution in [-0.2, 0) is 0 Å². The highest BCUT2D eigenvalue weighted by molar-refractivity contribution is 5.16. The largest absolute Gasteiger partial charge is 0.324 e. The summed E-state index contributed by atoms with van der Waals surface area (Å²) >= 11 is 0. The van der Waals surface area contributed by atoms with Crippen LogP contribution in [0.3, 0.4) is 0 Å². The van der Waals surface area contributed by atoms with Gasteiger partial charge in [-0.15, -0.1) is 0 Å². The van der Waals surface area contributed by atoms with Crippen molar-refractivity contribution in [2.45, 2.75) is 32.2 Å². The summed E-state index contributed by atoms with van der Waals surface area (Å²) in [6, 6.07) is 0.230. The van der Waals surface area contributed by atoms with E-state index in [1.807, 2.05) is 0 Å². The van der Waals surface area contributed by atoms with E-state index in [9.17, 15) is 0 Å². The standard InChI is InChI=1S/C9H15N/c1-7-3-5-8(2)9(10)6-4-7/h3,9H,2,4-6,10H2,1H3. The van der Waals surface area contributed by atoms with Crippen molar-refractivity contribution in [3.8, 4) is 0 Å². The van der Waals surface area contributed by atoms with E-state index in [0.717, 1.165) is 19.3 Å². The average Bonchev–Trinajstić information content (AvgIpc) is 2.04. The van der Waals surface area contributed by atoms with Gasteiger partial charge in [-0.2, -0.15) is 0 Å². The van der Waals surface area contributed by atoms with Crippen molar-refractivity contribution in [2.75, 3.05) is 0 Å². The maximum Gasteiger partial charge on any atom is 0.0257 e. The van der Waals surface area contributed by atoms with Crippen molar-refractivity contribution in [1.29, 1.82) is 0 Å². The molecule has 1 nitrogen and oxygen atoms in total. The van der Waals surface area contributed by atoms with E-state index >= 15 is 0 Å². The first-order chi connectivity index (χ1) is 4.70. The summed E-state index contributed by atoms with van der Waals surface area (Å²) in [4.78, 5) is 0. The van der Waals surface area contributed by atoms with Crippen molar-refractivity contribution in [3.05, 3.63) is 23.8 Å². The van der Waals surface area contributed by atoms with Crippen LogP contribution in [-0.4, -0.2) is 6.04 Å². The predicted molar refractivity (Wildman–Crippen MR) is 44.7 cm³/mol. The van der Waals surface area contributed by atoms with Gasteiger partial charge in [0.25, 0.3) is 0 Å². The number of rotatable bonds is 0. The molecule has 1 rings (SSSR count). The quantitative estimate of drug-likeness (QED) is 0.508. The fourth-order valence-electron chi connectivity index (χ4n) is 1.15. The molecule has 0 aliphatic heterocycles. The van der Waals surface area contributed by atoms with Crippen molar-refractivity contribution in [3.63, 3.8) is 0 Å². The predicted octanol–water partition coefficient (Wildman–Crippen LogP) is 2.00. The highest BCUT2D eigenvalue weighted by atomic mass is 14.6. The maximum absolute atomic E-state index is 5.81. The molecule has 0 fully saturated rings. The minimum Gasteiger partial charge on any atom is -0.324 e. The van der Waals surface area contributed by atoms with Crippen molar-refractivity contribution >= 4 is 0 Å². The molecule has 0 heterocycles. The van der Waals surface area contributed by atoms with Crippen LogP contribution in [0.2, 0.25) is 0 Å². The van der Waals surface area contributed by atoms with Crippen molar-refractivity contribution < 1.29 is 0 Å². The molecule has 1 aliphatic rings. The third-order valence-corrected chi connectivity index (χ3v) is 2.09. The second kappa shape index (κ2) is 3.02. The van der Waals surface area contributed by atoms with E-state index in [1.165, 1.54) is 11.1 Å². The molecule has 1 aliphatic carbocycles. The van der Waals surface area contributed by atoms with Crippen LogP contribution < -0.4 is 5.73 Å². The van der Waals surface area contributed by atoms with Gasteiger partial charge in [0.05, 0.1) is 0 Å². The molecule has 0 spiro atoms. The summed E-state index contributed by atoms with van der Waals surface area (Å²) in [5.41, 5.74) is 8.44. The average molecular weight is 137 g/mol. The van der Waals surface area contributed by atoms with Crippen LogP contribution in [0.1, 0.15) is 26.2 Å². The molecule has 0 saturated carbocycles. The maximum atomic E-state index is 5.81. The molecule has 2 N–H and O–H groups in total. The molecular weight excluding hydrogens is 122 g/mol. The molecule has 1 atom stereocenters. The summed E-state index contributed by atoms with van der Waals surface area (Å²) in [7, 11) is 0. The lowest BCUT2D eigenvalue weighted by molar-refractivity contribution is 0.692. The summed E-state index contributed by atoms with van der Waals surface area (Å²) < 4.78 is 0. The van der Waals surface area contributed by atoms with E-state index in [-0.39, 0.29) is 6.04 Å². The van der Waals surface area contributed by atoms with Crippen LogP contribution in [0.5, 0.6) is 0 Å². The second-order valence-electron chi connectivity index (χ2n) is 3.06. The van der Waals surface area contributed by atoms with Crippen LogP contribution in [0.25, 0.3) is 0 Å². The van der Waals surface area contributed by atoms with Gasteiger partial charge in [-0.3, -0.25) is 0 Å². The molecular formula is C9H15N. The Balaban J connectivity index is 2.60. The van der Waals surface area contributed by atoms with Crippen molar-refractivity contribution in [2.24, 2.45) is 5.73 Å². The number of allylic oxidation sites excluding steroid dienone is 2. The van der Waals surface area contributed by atoms with E-state index in [0.29, 0.717) is 0 Å². The molecule has 0 bridgehead atoms. The van der Waals surface area contributed by atoms with Crippen LogP contribution in [0, 0.1) is 0 Å². The van der Waals surface area contributed by atoms with E-state index < -0.39 is 0 Å². The smallest absolute Gasteiger partial charge is 0.0257 e. The zero-order chi connectivity index (χ0) is 7.56. The Bertz CT molecular complexity index is 168. The monoisotopic (exact) mass is 137 g/mol. The third kappa shape index (κ3) is 1.71. The fourth-order valence-corrected chi connectivity index (χ4v) is 1.15. The molecule has 56 valence electrons. The lowest BCUT2D eigenvalue weighted by atomic mass is 10.1. The molecule has 1 unspecified atom stereocenters. The first-order valence-corrected chi connectivity index (χ1v) is 3.79. The van der Waals surface area contributed by atoms with Gasteiger partial charge in [0.2, 0.25) is 0 Å². The van der Waals surface area contributed by atoms with Gasteiger partial charge in [-0.05, 0) is 26.2 Å². The highest BCUT2D eigenvalue weighted by Crippen LogP contribution is 2.18. The van der Waals surface area contributed by atoms with Crippen LogP contribution in [0.4, 0.5) is 0 Å². The van der Waals surface area contributed by atoms with Gasteiger partial charge in [0, 0.05) is 6.04 Å². The molecule has 0 aromatic rings. The Hall–Kier alpha value is -0.560. The number of hydrogen-bond acceptors (Lipinski definition) is 1. The Morgan fingerprint density at radius 3 is 3.10 bits per heavy atom. The first kappa shape index (κ1) is 7.55. The van der Waals surface area contributed by atoms with E-state index in [4.69, 9.17) is 5.73 Å². The Morgan fingerprint density at radius 2 is 2.40 bits per heavy atom. The molecule has 0 amide bonds. The van der Waals surface area contributed by atoms with Gasteiger partial charge < -0.3 is 5.73 Å². The van der Waals surface area contributed by atoms with Gasteiger partial charge >= 0.3 is 0 Å². The molecule has 0 aromatic heterocycles. The molecule has 10 heavy (non-hydrogen) atoms. The Kier molecular flexibility index (Phi) is 2.28. The van der Waals surface area contributed by atoms with Gasteiger partial charge in [-0.25, -0.2) is 0 Å². The van der Waals surface area contributed by atoms with Gasteiger partial charge in [0.1, 0.15) is 0 Å². The summed E-state index contributed by atoms with van der Waals surface area (Å²) in [5.74, 6) is 0. The number of hydrogen-bond donors (Lipinski definition) is 1. The molecule has 0 saturated heterocycles. The van der Waals surface area contributed by atoms with Gasteiger partial charge in [0.15, 0.2) is 0 Å².